The zero-order chi connectivity index (χ0) is 19.8. The van der Waals surface area contributed by atoms with Gasteiger partial charge in [0.2, 0.25) is 11.8 Å². The number of nitrogens with one attached hydrogen (secondary N) is 1. The van der Waals surface area contributed by atoms with Gasteiger partial charge in [0, 0.05) is 42.8 Å². The Morgan fingerprint density at radius 1 is 1.04 bits per heavy atom. The highest BCUT2D eigenvalue weighted by atomic mass is 79.9. The van der Waals surface area contributed by atoms with E-state index in [0.717, 1.165) is 30.4 Å². The summed E-state index contributed by atoms with van der Waals surface area (Å²) in [4.78, 5) is 30.6. The maximum atomic E-state index is 12.3. The van der Waals surface area contributed by atoms with Crippen LogP contribution in [0, 0.1) is 0 Å². The van der Waals surface area contributed by atoms with Crippen molar-refractivity contribution in [1.82, 2.24) is 15.2 Å². The third kappa shape index (κ3) is 6.05. The van der Waals surface area contributed by atoms with Crippen LogP contribution in [0.5, 0.6) is 11.6 Å². The molecule has 0 atom stereocenters. The summed E-state index contributed by atoms with van der Waals surface area (Å²) < 4.78 is 6.61. The number of hydrogen-bond acceptors (Lipinski definition) is 4. The predicted molar refractivity (Wildman–Crippen MR) is 110 cm³/mol. The van der Waals surface area contributed by atoms with Crippen molar-refractivity contribution in [3.05, 3.63) is 52.6 Å². The lowest BCUT2D eigenvalue weighted by Crippen LogP contribution is -2.35. The molecule has 2 heterocycles. The van der Waals surface area contributed by atoms with Crippen molar-refractivity contribution < 1.29 is 14.3 Å². The average molecular weight is 446 g/mol. The van der Waals surface area contributed by atoms with Crippen LogP contribution in [0.4, 0.5) is 0 Å². The molecule has 1 fully saturated rings. The molecule has 1 aromatic heterocycles. The molecule has 0 bridgehead atoms. The van der Waals surface area contributed by atoms with Crippen molar-refractivity contribution in [2.75, 3.05) is 19.6 Å². The van der Waals surface area contributed by atoms with Gasteiger partial charge in [-0.2, -0.15) is 0 Å². The fourth-order valence-electron chi connectivity index (χ4n) is 3.06. The Hall–Kier alpha value is -2.41. The molecule has 28 heavy (non-hydrogen) atoms. The first-order valence-electron chi connectivity index (χ1n) is 9.57. The molecule has 7 heteroatoms. The van der Waals surface area contributed by atoms with Crippen LogP contribution in [-0.4, -0.2) is 41.3 Å². The number of benzene rings is 1. The van der Waals surface area contributed by atoms with Crippen LogP contribution in [0.3, 0.4) is 0 Å². The van der Waals surface area contributed by atoms with E-state index in [1.807, 2.05) is 29.2 Å². The first kappa shape index (κ1) is 20.3. The molecule has 0 spiro atoms. The highest BCUT2D eigenvalue weighted by Crippen LogP contribution is 2.21. The van der Waals surface area contributed by atoms with Gasteiger partial charge < -0.3 is 15.0 Å². The minimum absolute atomic E-state index is 0.110. The summed E-state index contributed by atoms with van der Waals surface area (Å²) >= 11 is 3.37. The van der Waals surface area contributed by atoms with Crippen molar-refractivity contribution >= 4 is 27.7 Å². The van der Waals surface area contributed by atoms with Crippen molar-refractivity contribution in [1.29, 1.82) is 0 Å². The van der Waals surface area contributed by atoms with E-state index in [1.54, 1.807) is 12.1 Å². The number of ether oxygens (including phenoxy) is 1. The van der Waals surface area contributed by atoms with Gasteiger partial charge in [-0.05, 0) is 43.2 Å². The van der Waals surface area contributed by atoms with Crippen molar-refractivity contribution in [3.8, 4) is 11.6 Å². The summed E-state index contributed by atoms with van der Waals surface area (Å²) in [7, 11) is 0. The minimum atomic E-state index is -0.244. The van der Waals surface area contributed by atoms with E-state index in [9.17, 15) is 9.59 Å². The van der Waals surface area contributed by atoms with E-state index in [-0.39, 0.29) is 11.8 Å². The third-order valence-electron chi connectivity index (χ3n) is 4.62. The molecule has 0 unspecified atom stereocenters. The molecule has 148 valence electrons. The molecule has 2 aromatic rings. The van der Waals surface area contributed by atoms with E-state index in [4.69, 9.17) is 4.74 Å². The monoisotopic (exact) mass is 445 g/mol. The number of aromatic nitrogens is 1. The number of halogens is 1. The van der Waals surface area contributed by atoms with E-state index < -0.39 is 0 Å². The lowest BCUT2D eigenvalue weighted by Gasteiger charge is -2.20. The van der Waals surface area contributed by atoms with Gasteiger partial charge in [-0.3, -0.25) is 9.59 Å². The van der Waals surface area contributed by atoms with Crippen LogP contribution in [0.15, 0.2) is 47.1 Å². The number of likely N-dealkylation sites (tertiary alicyclic amines) is 1. The smallest absolute Gasteiger partial charge is 0.252 e. The number of carbonyl (C=O) groups excluding carboxylic acids is 2. The molecule has 2 amide bonds. The summed E-state index contributed by atoms with van der Waals surface area (Å²) in [6, 6.07) is 10.7. The van der Waals surface area contributed by atoms with Crippen molar-refractivity contribution in [3.63, 3.8) is 0 Å². The van der Waals surface area contributed by atoms with Gasteiger partial charge in [0.15, 0.2) is 0 Å². The van der Waals surface area contributed by atoms with E-state index in [0.29, 0.717) is 30.2 Å². The zero-order valence-electron chi connectivity index (χ0n) is 15.7. The van der Waals surface area contributed by atoms with Crippen LogP contribution in [0.1, 0.15) is 42.5 Å². The zero-order valence-corrected chi connectivity index (χ0v) is 17.3. The second-order valence-electron chi connectivity index (χ2n) is 6.74. The predicted octanol–water partition coefficient (Wildman–Crippen LogP) is 4.16. The number of amides is 2. The Kier molecular flexibility index (Phi) is 7.42. The summed E-state index contributed by atoms with van der Waals surface area (Å²) in [6.45, 7) is 1.98. The molecule has 6 nitrogen and oxygen atoms in total. The lowest BCUT2D eigenvalue weighted by atomic mass is 10.2. The molecule has 1 aliphatic rings. The van der Waals surface area contributed by atoms with Crippen molar-refractivity contribution in [2.45, 2.75) is 32.1 Å². The second-order valence-corrected chi connectivity index (χ2v) is 7.66. The molecule has 1 aromatic carbocycles. The largest absolute Gasteiger partial charge is 0.439 e. The molecule has 3 rings (SSSR count). The molecular weight excluding hydrogens is 422 g/mol. The van der Waals surface area contributed by atoms with Crippen LogP contribution in [0.25, 0.3) is 0 Å². The number of carbonyl (C=O) groups is 2. The summed E-state index contributed by atoms with van der Waals surface area (Å²) in [6.07, 6.45) is 6.31. The molecule has 0 radical (unpaired) electrons. The second kappa shape index (κ2) is 10.2. The molecule has 1 aliphatic heterocycles. The molecule has 1 saturated heterocycles. The van der Waals surface area contributed by atoms with Crippen LogP contribution >= 0.6 is 15.9 Å². The van der Waals surface area contributed by atoms with Crippen LogP contribution < -0.4 is 10.1 Å². The topological polar surface area (TPSA) is 71.5 Å². The number of nitrogens with zero attached hydrogens (tertiary/aromatic N) is 2. The van der Waals surface area contributed by atoms with Gasteiger partial charge >= 0.3 is 0 Å². The Bertz CT molecular complexity index is 786. The maximum Gasteiger partial charge on any atom is 0.252 e. The molecule has 0 aliphatic carbocycles. The van der Waals surface area contributed by atoms with Crippen LogP contribution in [-0.2, 0) is 4.79 Å². The quantitative estimate of drug-likeness (QED) is 0.724. The van der Waals surface area contributed by atoms with E-state index >= 15 is 0 Å². The number of pyridine rings is 1. The Morgan fingerprint density at radius 2 is 1.75 bits per heavy atom. The fourth-order valence-corrected chi connectivity index (χ4v) is 3.33. The van der Waals surface area contributed by atoms with Gasteiger partial charge in [0.25, 0.3) is 5.91 Å². The Morgan fingerprint density at radius 3 is 2.39 bits per heavy atom. The number of rotatable bonds is 6. The van der Waals surface area contributed by atoms with Gasteiger partial charge in [0.05, 0.1) is 5.56 Å². The van der Waals surface area contributed by atoms with Gasteiger partial charge in [-0.25, -0.2) is 4.98 Å². The van der Waals surface area contributed by atoms with E-state index in [1.165, 1.54) is 19.0 Å². The Balaban J connectivity index is 1.45. The van der Waals surface area contributed by atoms with Crippen molar-refractivity contribution in [2.24, 2.45) is 0 Å². The standard InChI is InChI=1S/C21H24BrN3O3/c22-17-6-8-18(9-7-17)28-19-10-5-16(15-24-19)21(27)23-12-11-20(26)25-13-3-1-2-4-14-25/h5-10,15H,1-4,11-14H2,(H,23,27). The molecule has 0 saturated carbocycles. The maximum absolute atomic E-state index is 12.3. The number of hydrogen-bond donors (Lipinski definition) is 1. The SMILES string of the molecule is O=C(NCCC(=O)N1CCCCCC1)c1ccc(Oc2ccc(Br)cc2)nc1. The Labute approximate surface area is 173 Å². The normalized spacial score (nSPS) is 14.2. The van der Waals surface area contributed by atoms with Gasteiger partial charge in [0.1, 0.15) is 5.75 Å². The molecular formula is C21H24BrN3O3. The first-order chi connectivity index (χ1) is 13.6. The summed E-state index contributed by atoms with van der Waals surface area (Å²) in [5.41, 5.74) is 0.436. The third-order valence-corrected chi connectivity index (χ3v) is 5.15. The lowest BCUT2D eigenvalue weighted by molar-refractivity contribution is -0.131. The fraction of sp³-hybridized carbons (Fsp3) is 0.381. The summed E-state index contributed by atoms with van der Waals surface area (Å²) in [5.74, 6) is 0.945. The highest BCUT2D eigenvalue weighted by molar-refractivity contribution is 9.10. The molecule has 1 N–H and O–H groups in total. The van der Waals surface area contributed by atoms with Gasteiger partial charge in [-0.15, -0.1) is 0 Å². The summed E-state index contributed by atoms with van der Waals surface area (Å²) in [5, 5.41) is 2.79. The van der Waals surface area contributed by atoms with E-state index in [2.05, 4.69) is 26.2 Å². The average Bonchev–Trinajstić information content (AvgIpc) is 3.00. The van der Waals surface area contributed by atoms with Gasteiger partial charge in [-0.1, -0.05) is 28.8 Å². The first-order valence-corrected chi connectivity index (χ1v) is 10.4. The highest BCUT2D eigenvalue weighted by Gasteiger charge is 2.15. The minimum Gasteiger partial charge on any atom is -0.439 e. The van der Waals surface area contributed by atoms with Crippen LogP contribution in [0.2, 0.25) is 0 Å².